The maximum Gasteiger partial charge on any atom is 0.217 e. The van der Waals surface area contributed by atoms with Crippen molar-refractivity contribution in [1.29, 1.82) is 0 Å². The molecule has 0 aliphatic rings. The molecule has 0 radical (unpaired) electrons. The monoisotopic (exact) mass is 214 g/mol. The van der Waals surface area contributed by atoms with Crippen molar-refractivity contribution < 1.29 is 9.59 Å². The summed E-state index contributed by atoms with van der Waals surface area (Å²) in [7, 11) is 0. The number of unbranched alkanes of at least 4 members (excludes halogenated alkanes) is 6. The van der Waals surface area contributed by atoms with Gasteiger partial charge in [0.2, 0.25) is 11.8 Å². The van der Waals surface area contributed by atoms with Gasteiger partial charge < -0.3 is 11.5 Å². The van der Waals surface area contributed by atoms with Crippen LogP contribution in [0.5, 0.6) is 0 Å². The van der Waals surface area contributed by atoms with Crippen LogP contribution in [-0.2, 0) is 9.59 Å². The molecule has 0 saturated carbocycles. The van der Waals surface area contributed by atoms with Gasteiger partial charge in [-0.15, -0.1) is 0 Å². The van der Waals surface area contributed by atoms with Gasteiger partial charge in [0.1, 0.15) is 0 Å². The number of carbonyl (C=O) groups is 2. The molecule has 0 saturated heterocycles. The number of carbonyl (C=O) groups excluding carboxylic acids is 2. The van der Waals surface area contributed by atoms with E-state index in [1.807, 2.05) is 0 Å². The molecule has 0 atom stereocenters. The van der Waals surface area contributed by atoms with Gasteiger partial charge in [0.15, 0.2) is 0 Å². The van der Waals surface area contributed by atoms with E-state index in [9.17, 15) is 9.59 Å². The number of hydrogen-bond acceptors (Lipinski definition) is 2. The minimum atomic E-state index is -0.212. The van der Waals surface area contributed by atoms with Crippen molar-refractivity contribution in [3.05, 3.63) is 0 Å². The van der Waals surface area contributed by atoms with Gasteiger partial charge >= 0.3 is 0 Å². The average molecular weight is 214 g/mol. The molecule has 4 nitrogen and oxygen atoms in total. The van der Waals surface area contributed by atoms with E-state index >= 15 is 0 Å². The largest absolute Gasteiger partial charge is 0.370 e. The summed E-state index contributed by atoms with van der Waals surface area (Å²) in [5, 5.41) is 0. The van der Waals surface area contributed by atoms with Crippen LogP contribution in [0.1, 0.15) is 57.8 Å². The van der Waals surface area contributed by atoms with E-state index in [4.69, 9.17) is 11.5 Å². The highest BCUT2D eigenvalue weighted by atomic mass is 16.1. The van der Waals surface area contributed by atoms with Crippen molar-refractivity contribution in [3.8, 4) is 0 Å². The zero-order valence-corrected chi connectivity index (χ0v) is 9.34. The third-order valence-electron chi connectivity index (χ3n) is 2.35. The SMILES string of the molecule is NC(=O)CCCCCCCCCC(N)=O. The Kier molecular flexibility index (Phi) is 8.82. The van der Waals surface area contributed by atoms with Crippen LogP contribution in [0.25, 0.3) is 0 Å². The van der Waals surface area contributed by atoms with E-state index in [1.165, 1.54) is 0 Å². The van der Waals surface area contributed by atoms with Gasteiger partial charge in [-0.05, 0) is 12.8 Å². The zero-order chi connectivity index (χ0) is 11.5. The Hall–Kier alpha value is -1.06. The molecule has 0 spiro atoms. The van der Waals surface area contributed by atoms with E-state index in [2.05, 4.69) is 0 Å². The summed E-state index contributed by atoms with van der Waals surface area (Å²) in [4.78, 5) is 20.8. The maximum absolute atomic E-state index is 10.4. The van der Waals surface area contributed by atoms with Gasteiger partial charge in [-0.25, -0.2) is 0 Å². The average Bonchev–Trinajstić information content (AvgIpc) is 2.14. The lowest BCUT2D eigenvalue weighted by Crippen LogP contribution is -2.09. The third-order valence-corrected chi connectivity index (χ3v) is 2.35. The summed E-state index contributed by atoms with van der Waals surface area (Å²) in [5.41, 5.74) is 10.0. The van der Waals surface area contributed by atoms with Crippen LogP contribution in [0.2, 0.25) is 0 Å². The van der Waals surface area contributed by atoms with Crippen molar-refractivity contribution in [2.45, 2.75) is 57.8 Å². The summed E-state index contributed by atoms with van der Waals surface area (Å²) in [6, 6.07) is 0. The van der Waals surface area contributed by atoms with Crippen LogP contribution >= 0.6 is 0 Å². The Morgan fingerprint density at radius 1 is 0.600 bits per heavy atom. The number of primary amides is 2. The number of amides is 2. The van der Waals surface area contributed by atoms with E-state index in [-0.39, 0.29) is 11.8 Å². The molecule has 0 aliphatic heterocycles. The molecule has 2 amide bonds. The molecule has 88 valence electrons. The Morgan fingerprint density at radius 3 is 1.13 bits per heavy atom. The second-order valence-corrected chi connectivity index (χ2v) is 3.91. The highest BCUT2D eigenvalue weighted by Gasteiger charge is 1.96. The van der Waals surface area contributed by atoms with Crippen LogP contribution in [0, 0.1) is 0 Å². The van der Waals surface area contributed by atoms with E-state index in [0.29, 0.717) is 12.8 Å². The molecule has 0 aromatic heterocycles. The van der Waals surface area contributed by atoms with E-state index < -0.39 is 0 Å². The van der Waals surface area contributed by atoms with Gasteiger partial charge in [-0.2, -0.15) is 0 Å². The number of nitrogens with two attached hydrogens (primary N) is 2. The van der Waals surface area contributed by atoms with Gasteiger partial charge in [0, 0.05) is 12.8 Å². The van der Waals surface area contributed by atoms with Gasteiger partial charge in [-0.3, -0.25) is 9.59 Å². The fourth-order valence-corrected chi connectivity index (χ4v) is 1.48. The predicted molar refractivity (Wildman–Crippen MR) is 59.9 cm³/mol. The summed E-state index contributed by atoms with van der Waals surface area (Å²) in [5.74, 6) is -0.423. The number of rotatable bonds is 10. The minimum Gasteiger partial charge on any atom is -0.370 e. The van der Waals surface area contributed by atoms with Crippen LogP contribution < -0.4 is 11.5 Å². The van der Waals surface area contributed by atoms with Crippen molar-refractivity contribution in [2.75, 3.05) is 0 Å². The first-order valence-electron chi connectivity index (χ1n) is 5.69. The Balaban J connectivity index is 2.99. The molecule has 0 fully saturated rings. The smallest absolute Gasteiger partial charge is 0.217 e. The van der Waals surface area contributed by atoms with E-state index in [1.54, 1.807) is 0 Å². The van der Waals surface area contributed by atoms with E-state index in [0.717, 1.165) is 44.9 Å². The van der Waals surface area contributed by atoms with Gasteiger partial charge in [-0.1, -0.05) is 32.1 Å². The summed E-state index contributed by atoms with van der Waals surface area (Å²) in [6.45, 7) is 0. The third kappa shape index (κ3) is 12.9. The maximum atomic E-state index is 10.4. The number of hydrogen-bond donors (Lipinski definition) is 2. The molecule has 0 unspecified atom stereocenters. The standard InChI is InChI=1S/C11H22N2O2/c12-10(14)8-6-4-2-1-3-5-7-9-11(13)15/h1-9H2,(H2,12,14)(H2,13,15). The fraction of sp³-hybridized carbons (Fsp3) is 0.818. The molecular weight excluding hydrogens is 192 g/mol. The molecule has 4 heteroatoms. The van der Waals surface area contributed by atoms with Crippen molar-refractivity contribution in [1.82, 2.24) is 0 Å². The minimum absolute atomic E-state index is 0.212. The first kappa shape index (κ1) is 13.9. The Labute approximate surface area is 91.4 Å². The summed E-state index contributed by atoms with van der Waals surface area (Å²) in [6.07, 6.45) is 8.39. The van der Waals surface area contributed by atoms with Crippen molar-refractivity contribution in [2.24, 2.45) is 11.5 Å². The van der Waals surface area contributed by atoms with Crippen LogP contribution in [0.15, 0.2) is 0 Å². The molecule has 0 bridgehead atoms. The van der Waals surface area contributed by atoms with Crippen LogP contribution in [0.3, 0.4) is 0 Å². The zero-order valence-electron chi connectivity index (χ0n) is 9.34. The molecular formula is C11H22N2O2. The highest BCUT2D eigenvalue weighted by Crippen LogP contribution is 2.09. The van der Waals surface area contributed by atoms with Gasteiger partial charge in [0.25, 0.3) is 0 Å². The lowest BCUT2D eigenvalue weighted by Gasteiger charge is -2.00. The second kappa shape index (κ2) is 9.49. The molecule has 0 heterocycles. The summed E-state index contributed by atoms with van der Waals surface area (Å²) < 4.78 is 0. The lowest BCUT2D eigenvalue weighted by molar-refractivity contribution is -0.118. The Bertz CT molecular complexity index is 173. The van der Waals surface area contributed by atoms with Crippen LogP contribution in [-0.4, -0.2) is 11.8 Å². The first-order chi connectivity index (χ1) is 7.13. The van der Waals surface area contributed by atoms with Crippen molar-refractivity contribution in [3.63, 3.8) is 0 Å². The van der Waals surface area contributed by atoms with Crippen molar-refractivity contribution >= 4 is 11.8 Å². The summed E-state index contributed by atoms with van der Waals surface area (Å²) >= 11 is 0. The molecule has 4 N–H and O–H groups in total. The normalized spacial score (nSPS) is 10.1. The van der Waals surface area contributed by atoms with Crippen LogP contribution in [0.4, 0.5) is 0 Å². The molecule has 0 aromatic carbocycles. The van der Waals surface area contributed by atoms with Gasteiger partial charge in [0.05, 0.1) is 0 Å². The topological polar surface area (TPSA) is 86.2 Å². The Morgan fingerprint density at radius 2 is 0.867 bits per heavy atom. The first-order valence-corrected chi connectivity index (χ1v) is 5.69. The molecule has 15 heavy (non-hydrogen) atoms. The predicted octanol–water partition coefficient (Wildman–Crippen LogP) is 1.47. The quantitative estimate of drug-likeness (QED) is 0.539. The molecule has 0 aromatic rings. The molecule has 0 aliphatic carbocycles. The lowest BCUT2D eigenvalue weighted by atomic mass is 10.1. The highest BCUT2D eigenvalue weighted by molar-refractivity contribution is 5.73. The molecule has 0 rings (SSSR count). The second-order valence-electron chi connectivity index (χ2n) is 3.91. The fourth-order valence-electron chi connectivity index (χ4n) is 1.48.